The second kappa shape index (κ2) is 9.08. The van der Waals surface area contributed by atoms with Crippen molar-refractivity contribution in [1.29, 1.82) is 0 Å². The summed E-state index contributed by atoms with van der Waals surface area (Å²) in [6.07, 6.45) is 5.73. The number of hydrogen-bond acceptors (Lipinski definition) is 3. The Morgan fingerprint density at radius 2 is 1.71 bits per heavy atom. The van der Waals surface area contributed by atoms with Crippen LogP contribution in [-0.2, 0) is 4.79 Å². The number of carboxylic acid groups (broad SMARTS) is 1. The molecule has 152 valence electrons. The number of nitrogens with zero attached hydrogens (tertiary/aromatic N) is 1. The van der Waals surface area contributed by atoms with Gasteiger partial charge in [-0.05, 0) is 69.6 Å². The minimum Gasteiger partial charge on any atom is -0.481 e. The Kier molecular flexibility index (Phi) is 6.54. The third-order valence-corrected chi connectivity index (χ3v) is 5.78. The molecule has 1 aliphatic heterocycles. The monoisotopic (exact) mass is 387 g/mol. The molecule has 0 atom stereocenters. The molecule has 0 radical (unpaired) electrons. The van der Waals surface area contributed by atoms with Crippen LogP contribution in [0.25, 0.3) is 0 Å². The molecular formula is C21H29N3O4. The lowest BCUT2D eigenvalue weighted by Gasteiger charge is -2.28. The Balaban J connectivity index is 1.57. The van der Waals surface area contributed by atoms with E-state index < -0.39 is 5.97 Å². The molecule has 1 aromatic carbocycles. The van der Waals surface area contributed by atoms with Gasteiger partial charge in [-0.3, -0.25) is 9.59 Å². The van der Waals surface area contributed by atoms with Gasteiger partial charge in [-0.25, -0.2) is 4.79 Å². The number of amides is 3. The minimum atomic E-state index is -0.756. The average Bonchev–Trinajstić information content (AvgIpc) is 2.70. The van der Waals surface area contributed by atoms with Gasteiger partial charge in [-0.1, -0.05) is 6.07 Å². The molecule has 1 aromatic rings. The molecule has 7 nitrogen and oxygen atoms in total. The topological polar surface area (TPSA) is 98.7 Å². The maximum absolute atomic E-state index is 12.8. The molecule has 1 aliphatic carbocycles. The number of anilines is 1. The van der Waals surface area contributed by atoms with E-state index in [-0.39, 0.29) is 23.9 Å². The van der Waals surface area contributed by atoms with Crippen LogP contribution in [0.3, 0.4) is 0 Å². The predicted octanol–water partition coefficient (Wildman–Crippen LogP) is 3.39. The zero-order valence-electron chi connectivity index (χ0n) is 16.4. The Morgan fingerprint density at radius 1 is 1.04 bits per heavy atom. The van der Waals surface area contributed by atoms with Crippen molar-refractivity contribution >= 4 is 23.6 Å². The molecular weight excluding hydrogens is 358 g/mol. The molecule has 2 fully saturated rings. The van der Waals surface area contributed by atoms with Gasteiger partial charge in [0.15, 0.2) is 0 Å². The van der Waals surface area contributed by atoms with Crippen LogP contribution in [0.4, 0.5) is 10.5 Å². The highest BCUT2D eigenvalue weighted by atomic mass is 16.4. The fourth-order valence-corrected chi connectivity index (χ4v) is 4.03. The number of carbonyl (C=O) groups excluding carboxylic acids is 2. The van der Waals surface area contributed by atoms with E-state index >= 15 is 0 Å². The average molecular weight is 387 g/mol. The zero-order valence-corrected chi connectivity index (χ0v) is 16.4. The van der Waals surface area contributed by atoms with E-state index in [1.54, 1.807) is 12.1 Å². The molecule has 1 heterocycles. The largest absolute Gasteiger partial charge is 0.481 e. The summed E-state index contributed by atoms with van der Waals surface area (Å²) in [4.78, 5) is 38.0. The number of likely N-dealkylation sites (tertiary alicyclic amines) is 1. The number of hydrogen-bond donors (Lipinski definition) is 3. The first-order chi connectivity index (χ1) is 13.4. The number of urea groups is 1. The number of piperidine rings is 1. The van der Waals surface area contributed by atoms with Gasteiger partial charge >= 0.3 is 12.0 Å². The molecule has 0 unspecified atom stereocenters. The number of aliphatic carboxylic acids is 1. The lowest BCUT2D eigenvalue weighted by atomic mass is 9.86. The number of nitrogens with one attached hydrogen (secondary N) is 2. The summed E-state index contributed by atoms with van der Waals surface area (Å²) in [6, 6.07) is 5.05. The molecule has 3 rings (SSSR count). The molecule has 2 aliphatic rings. The van der Waals surface area contributed by atoms with E-state index in [1.165, 1.54) is 6.42 Å². The van der Waals surface area contributed by atoms with Gasteiger partial charge in [0.1, 0.15) is 0 Å². The van der Waals surface area contributed by atoms with E-state index in [9.17, 15) is 14.4 Å². The van der Waals surface area contributed by atoms with Crippen LogP contribution in [0.2, 0.25) is 0 Å². The van der Waals surface area contributed by atoms with E-state index in [0.717, 1.165) is 31.5 Å². The number of aryl methyl sites for hydroxylation is 1. The van der Waals surface area contributed by atoms with Gasteiger partial charge in [-0.15, -0.1) is 0 Å². The molecule has 1 saturated carbocycles. The van der Waals surface area contributed by atoms with Crippen molar-refractivity contribution in [3.63, 3.8) is 0 Å². The number of carbonyl (C=O) groups is 3. The molecule has 0 aromatic heterocycles. The Morgan fingerprint density at radius 3 is 2.36 bits per heavy atom. The second-order valence-corrected chi connectivity index (χ2v) is 7.87. The first-order valence-corrected chi connectivity index (χ1v) is 10.1. The maximum Gasteiger partial charge on any atom is 0.319 e. The minimum absolute atomic E-state index is 0.0181. The van der Waals surface area contributed by atoms with Crippen LogP contribution in [-0.4, -0.2) is 47.0 Å². The van der Waals surface area contributed by atoms with Crippen LogP contribution < -0.4 is 10.6 Å². The Hall–Kier alpha value is -2.57. The normalized spacial score (nSPS) is 22.4. The maximum atomic E-state index is 12.8. The molecule has 28 heavy (non-hydrogen) atoms. The molecule has 3 N–H and O–H groups in total. The lowest BCUT2D eigenvalue weighted by Crippen LogP contribution is -2.41. The third kappa shape index (κ3) is 5.03. The molecule has 1 saturated heterocycles. The Labute approximate surface area is 165 Å². The first-order valence-electron chi connectivity index (χ1n) is 10.1. The Bertz CT molecular complexity index is 735. The van der Waals surface area contributed by atoms with E-state index in [1.807, 2.05) is 17.9 Å². The third-order valence-electron chi connectivity index (χ3n) is 5.78. The van der Waals surface area contributed by atoms with Crippen molar-refractivity contribution in [3.8, 4) is 0 Å². The van der Waals surface area contributed by atoms with Gasteiger partial charge in [-0.2, -0.15) is 0 Å². The van der Waals surface area contributed by atoms with Crippen molar-refractivity contribution in [2.45, 2.75) is 57.9 Å². The number of carboxylic acids is 1. The fourth-order valence-electron chi connectivity index (χ4n) is 4.03. The van der Waals surface area contributed by atoms with Crippen LogP contribution in [0.15, 0.2) is 18.2 Å². The van der Waals surface area contributed by atoms with Crippen molar-refractivity contribution in [3.05, 3.63) is 29.3 Å². The van der Waals surface area contributed by atoms with E-state index in [4.69, 9.17) is 5.11 Å². The van der Waals surface area contributed by atoms with Gasteiger partial charge in [0.25, 0.3) is 5.91 Å². The van der Waals surface area contributed by atoms with Crippen LogP contribution in [0.1, 0.15) is 60.9 Å². The fraction of sp³-hybridized carbons (Fsp3) is 0.571. The smallest absolute Gasteiger partial charge is 0.319 e. The van der Waals surface area contributed by atoms with Gasteiger partial charge in [0.2, 0.25) is 0 Å². The van der Waals surface area contributed by atoms with Gasteiger partial charge in [0.05, 0.1) is 5.92 Å². The highest BCUT2D eigenvalue weighted by Gasteiger charge is 2.27. The van der Waals surface area contributed by atoms with Gasteiger partial charge in [0, 0.05) is 30.4 Å². The summed E-state index contributed by atoms with van der Waals surface area (Å²) in [6.45, 7) is 3.48. The summed E-state index contributed by atoms with van der Waals surface area (Å²) in [7, 11) is 0. The zero-order chi connectivity index (χ0) is 20.1. The van der Waals surface area contributed by atoms with Crippen molar-refractivity contribution < 1.29 is 19.5 Å². The summed E-state index contributed by atoms with van der Waals surface area (Å²) in [5.74, 6) is -1.04. The van der Waals surface area contributed by atoms with Crippen LogP contribution >= 0.6 is 0 Å². The lowest BCUT2D eigenvalue weighted by molar-refractivity contribution is -0.142. The highest BCUT2D eigenvalue weighted by molar-refractivity contribution is 5.98. The predicted molar refractivity (Wildman–Crippen MR) is 106 cm³/mol. The van der Waals surface area contributed by atoms with Crippen molar-refractivity contribution in [2.75, 3.05) is 18.4 Å². The van der Waals surface area contributed by atoms with E-state index in [0.29, 0.717) is 36.9 Å². The summed E-state index contributed by atoms with van der Waals surface area (Å²) < 4.78 is 0. The van der Waals surface area contributed by atoms with E-state index in [2.05, 4.69) is 10.6 Å². The number of rotatable bonds is 4. The summed E-state index contributed by atoms with van der Waals surface area (Å²) in [5, 5.41) is 14.8. The highest BCUT2D eigenvalue weighted by Crippen LogP contribution is 2.25. The van der Waals surface area contributed by atoms with Crippen LogP contribution in [0, 0.1) is 12.8 Å². The first kappa shape index (κ1) is 20.2. The quantitative estimate of drug-likeness (QED) is 0.737. The molecule has 0 bridgehead atoms. The van der Waals surface area contributed by atoms with Crippen molar-refractivity contribution in [1.82, 2.24) is 10.2 Å². The number of benzene rings is 1. The van der Waals surface area contributed by atoms with Crippen molar-refractivity contribution in [2.24, 2.45) is 5.92 Å². The summed E-state index contributed by atoms with van der Waals surface area (Å²) >= 11 is 0. The van der Waals surface area contributed by atoms with Crippen LogP contribution in [0.5, 0.6) is 0 Å². The van der Waals surface area contributed by atoms with Gasteiger partial charge < -0.3 is 20.6 Å². The summed E-state index contributed by atoms with van der Waals surface area (Å²) in [5.41, 5.74) is 2.11. The SMILES string of the molecule is Cc1ccc(NC(=O)NC2CCC(C(=O)O)CC2)cc1C(=O)N1CCCCC1. The standard InChI is InChI=1S/C21H29N3O4/c1-14-5-8-17(13-18(14)19(25)24-11-3-2-4-12-24)23-21(28)22-16-9-6-15(7-10-16)20(26)27/h5,8,13,15-16H,2-4,6-7,9-12H2,1H3,(H,26,27)(H2,22,23,28). The second-order valence-electron chi connectivity index (χ2n) is 7.87. The molecule has 7 heteroatoms. The molecule has 0 spiro atoms. The molecule has 3 amide bonds.